The maximum Gasteiger partial charge on any atom is 0.142 e. The van der Waals surface area contributed by atoms with Crippen LogP contribution in [-0.4, -0.2) is 19.7 Å². The summed E-state index contributed by atoms with van der Waals surface area (Å²) in [6.07, 6.45) is 9.40. The van der Waals surface area contributed by atoms with Crippen molar-refractivity contribution in [2.45, 2.75) is 12.5 Å². The van der Waals surface area contributed by atoms with E-state index < -0.39 is 0 Å². The summed E-state index contributed by atoms with van der Waals surface area (Å²) in [6.45, 7) is 0.936. The summed E-state index contributed by atoms with van der Waals surface area (Å²) in [5.74, 6) is 1.09. The Kier molecular flexibility index (Phi) is 3.03. The maximum atomic E-state index is 6.12. The van der Waals surface area contributed by atoms with Crippen LogP contribution in [0.3, 0.4) is 0 Å². The number of rotatable bonds is 3. The molecule has 0 bridgehead atoms. The Morgan fingerprint density at radius 1 is 1.17 bits per heavy atom. The molecule has 18 heavy (non-hydrogen) atoms. The fraction of sp³-hybridized carbons (Fsp3) is 0.250. The van der Waals surface area contributed by atoms with Crippen LogP contribution in [0.25, 0.3) is 11.3 Å². The van der Waals surface area contributed by atoms with Gasteiger partial charge in [-0.3, -0.25) is 0 Å². The van der Waals surface area contributed by atoms with Crippen molar-refractivity contribution in [2.75, 3.05) is 13.6 Å². The van der Waals surface area contributed by atoms with E-state index in [0.29, 0.717) is 0 Å². The van der Waals surface area contributed by atoms with Crippen LogP contribution in [0.1, 0.15) is 6.42 Å². The molecule has 3 rings (SSSR count). The van der Waals surface area contributed by atoms with E-state index in [-0.39, 0.29) is 6.10 Å². The molecule has 2 heteroatoms. The number of fused-ring (bicyclic) bond motifs is 2. The molecule has 1 atom stereocenters. The zero-order chi connectivity index (χ0) is 12.4. The van der Waals surface area contributed by atoms with Gasteiger partial charge in [-0.1, -0.05) is 42.5 Å². The monoisotopic (exact) mass is 239 g/mol. The van der Waals surface area contributed by atoms with E-state index in [4.69, 9.17) is 4.74 Å². The van der Waals surface area contributed by atoms with Gasteiger partial charge in [-0.25, -0.2) is 0 Å². The Balaban J connectivity index is 2.20. The van der Waals surface area contributed by atoms with E-state index in [0.717, 1.165) is 18.7 Å². The molecule has 0 aromatic heterocycles. The van der Waals surface area contributed by atoms with Gasteiger partial charge in [0.05, 0.1) is 0 Å². The van der Waals surface area contributed by atoms with Crippen molar-refractivity contribution < 1.29 is 4.74 Å². The normalized spacial score (nSPS) is 20.4. The summed E-state index contributed by atoms with van der Waals surface area (Å²) in [5.41, 5.74) is 1.27. The van der Waals surface area contributed by atoms with Crippen molar-refractivity contribution >= 4 is 11.3 Å². The molecule has 1 aromatic carbocycles. The first-order valence-corrected chi connectivity index (χ1v) is 6.38. The van der Waals surface area contributed by atoms with Crippen LogP contribution < -0.4 is 15.8 Å². The van der Waals surface area contributed by atoms with E-state index in [1.54, 1.807) is 0 Å². The van der Waals surface area contributed by atoms with Crippen LogP contribution in [-0.2, 0) is 4.74 Å². The molecular weight excluding hydrogens is 222 g/mol. The zero-order valence-electron chi connectivity index (χ0n) is 10.5. The standard InChI is InChI=1S/C16H17NO/c1-17-11-10-16-14-7-3-2-6-12(14)13-8-4-5-9-15(13)18-16/h2-9,15,17H,10-11H2,1H3. The molecule has 0 saturated heterocycles. The highest BCUT2D eigenvalue weighted by molar-refractivity contribution is 5.69. The third-order valence-electron chi connectivity index (χ3n) is 3.39. The Hall–Kier alpha value is -1.80. The minimum absolute atomic E-state index is 0.0803. The molecule has 0 spiro atoms. The molecule has 0 fully saturated rings. The third kappa shape index (κ3) is 1.89. The lowest BCUT2D eigenvalue weighted by molar-refractivity contribution is 0.243. The van der Waals surface area contributed by atoms with Crippen molar-refractivity contribution in [1.82, 2.24) is 5.32 Å². The highest BCUT2D eigenvalue weighted by Crippen LogP contribution is 2.21. The van der Waals surface area contributed by atoms with Crippen molar-refractivity contribution in [2.24, 2.45) is 0 Å². The molecule has 1 aliphatic carbocycles. The van der Waals surface area contributed by atoms with Crippen molar-refractivity contribution in [3.8, 4) is 0 Å². The average molecular weight is 239 g/mol. The second kappa shape index (κ2) is 4.83. The summed E-state index contributed by atoms with van der Waals surface area (Å²) >= 11 is 0. The smallest absolute Gasteiger partial charge is 0.142 e. The van der Waals surface area contributed by atoms with E-state index in [1.165, 1.54) is 16.0 Å². The largest absolute Gasteiger partial charge is 0.485 e. The SMILES string of the molecule is CNCCC1=c2ccccc2=C2C=CC=CC2O1. The van der Waals surface area contributed by atoms with Gasteiger partial charge in [-0.2, -0.15) is 0 Å². The van der Waals surface area contributed by atoms with E-state index in [1.807, 2.05) is 7.05 Å². The van der Waals surface area contributed by atoms with Gasteiger partial charge in [0, 0.05) is 23.8 Å². The molecule has 2 nitrogen and oxygen atoms in total. The van der Waals surface area contributed by atoms with Gasteiger partial charge in [0.1, 0.15) is 11.9 Å². The van der Waals surface area contributed by atoms with Crippen LogP contribution in [0.2, 0.25) is 0 Å². The Morgan fingerprint density at radius 3 is 2.83 bits per heavy atom. The van der Waals surface area contributed by atoms with E-state index >= 15 is 0 Å². The Bertz CT molecular complexity index is 625. The van der Waals surface area contributed by atoms with Crippen LogP contribution in [0, 0.1) is 0 Å². The third-order valence-corrected chi connectivity index (χ3v) is 3.39. The first-order valence-electron chi connectivity index (χ1n) is 6.38. The molecule has 1 heterocycles. The van der Waals surface area contributed by atoms with Gasteiger partial charge >= 0.3 is 0 Å². The molecule has 1 unspecified atom stereocenters. The second-order valence-electron chi connectivity index (χ2n) is 4.56. The quantitative estimate of drug-likeness (QED) is 0.852. The fourth-order valence-corrected chi connectivity index (χ4v) is 2.50. The van der Waals surface area contributed by atoms with Gasteiger partial charge in [0.2, 0.25) is 0 Å². The first kappa shape index (κ1) is 11.3. The number of allylic oxidation sites excluding steroid dienone is 2. The predicted molar refractivity (Wildman–Crippen MR) is 74.2 cm³/mol. The Labute approximate surface area is 107 Å². The highest BCUT2D eigenvalue weighted by atomic mass is 16.5. The van der Waals surface area contributed by atoms with E-state index in [9.17, 15) is 0 Å². The van der Waals surface area contributed by atoms with Gasteiger partial charge in [-0.05, 0) is 18.3 Å². The van der Waals surface area contributed by atoms with Gasteiger partial charge in [0.25, 0.3) is 0 Å². The van der Waals surface area contributed by atoms with Crippen LogP contribution >= 0.6 is 0 Å². The summed E-state index contributed by atoms with van der Waals surface area (Å²) in [6, 6.07) is 8.50. The topological polar surface area (TPSA) is 21.3 Å². The first-order chi connectivity index (χ1) is 8.90. The summed E-state index contributed by atoms with van der Waals surface area (Å²) in [7, 11) is 1.97. The summed E-state index contributed by atoms with van der Waals surface area (Å²) in [5, 5.41) is 5.72. The maximum absolute atomic E-state index is 6.12. The molecule has 0 amide bonds. The van der Waals surface area contributed by atoms with Crippen molar-refractivity contribution in [3.05, 3.63) is 59.0 Å². The minimum atomic E-state index is 0.0803. The minimum Gasteiger partial charge on any atom is -0.485 e. The van der Waals surface area contributed by atoms with Crippen LogP contribution in [0.4, 0.5) is 0 Å². The number of nitrogens with one attached hydrogen (secondary N) is 1. The molecule has 2 aliphatic rings. The van der Waals surface area contributed by atoms with Crippen molar-refractivity contribution in [3.63, 3.8) is 0 Å². The molecule has 1 aromatic rings. The molecule has 0 saturated carbocycles. The Morgan fingerprint density at radius 2 is 2.00 bits per heavy atom. The summed E-state index contributed by atoms with van der Waals surface area (Å²) < 4.78 is 6.12. The molecule has 92 valence electrons. The summed E-state index contributed by atoms with van der Waals surface area (Å²) in [4.78, 5) is 0. The fourth-order valence-electron chi connectivity index (χ4n) is 2.50. The predicted octanol–water partition coefficient (Wildman–Crippen LogP) is 1.08. The number of ether oxygens (including phenoxy) is 1. The highest BCUT2D eigenvalue weighted by Gasteiger charge is 2.20. The zero-order valence-corrected chi connectivity index (χ0v) is 10.5. The van der Waals surface area contributed by atoms with Gasteiger partial charge in [-0.15, -0.1) is 0 Å². The van der Waals surface area contributed by atoms with Crippen LogP contribution in [0.5, 0.6) is 0 Å². The molecule has 1 aliphatic heterocycles. The lowest BCUT2D eigenvalue weighted by Crippen LogP contribution is -2.38. The molecule has 0 radical (unpaired) electrons. The number of hydrogen-bond donors (Lipinski definition) is 1. The van der Waals surface area contributed by atoms with Gasteiger partial charge < -0.3 is 10.1 Å². The number of hydrogen-bond acceptors (Lipinski definition) is 2. The molecular formula is C16H17NO. The lowest BCUT2D eigenvalue weighted by atomic mass is 9.97. The van der Waals surface area contributed by atoms with E-state index in [2.05, 4.69) is 53.9 Å². The lowest BCUT2D eigenvalue weighted by Gasteiger charge is -2.25. The van der Waals surface area contributed by atoms with Crippen LogP contribution in [0.15, 0.2) is 48.6 Å². The van der Waals surface area contributed by atoms with Gasteiger partial charge in [0.15, 0.2) is 0 Å². The average Bonchev–Trinajstić information content (AvgIpc) is 2.45. The molecule has 1 N–H and O–H groups in total. The number of benzene rings is 1. The van der Waals surface area contributed by atoms with Crippen molar-refractivity contribution in [1.29, 1.82) is 0 Å². The second-order valence-corrected chi connectivity index (χ2v) is 4.56.